The van der Waals surface area contributed by atoms with Gasteiger partial charge in [-0.05, 0) is 30.5 Å². The molecule has 1 aromatic carbocycles. The van der Waals surface area contributed by atoms with E-state index >= 15 is 0 Å². The minimum atomic E-state index is -1.27. The number of methoxy groups -OCH3 is 1. The van der Waals surface area contributed by atoms with Crippen molar-refractivity contribution in [1.29, 1.82) is 0 Å². The highest BCUT2D eigenvalue weighted by molar-refractivity contribution is 7.99. The molecule has 2 aromatic heterocycles. The van der Waals surface area contributed by atoms with E-state index < -0.39 is 31.1 Å². The number of nitrogens with zero attached hydrogens (tertiary/aromatic N) is 5. The van der Waals surface area contributed by atoms with E-state index in [4.69, 9.17) is 14.5 Å². The Morgan fingerprint density at radius 1 is 1.21 bits per heavy atom. The Balaban J connectivity index is 1.43. The fraction of sp³-hybridized carbons (Fsp3) is 0.545. The van der Waals surface area contributed by atoms with E-state index in [2.05, 4.69) is 39.7 Å². The Bertz CT molecular complexity index is 1140. The van der Waals surface area contributed by atoms with Gasteiger partial charge in [-0.25, -0.2) is 9.97 Å². The molecule has 0 spiro atoms. The highest BCUT2D eigenvalue weighted by Crippen LogP contribution is 2.44. The Morgan fingerprint density at radius 3 is 2.68 bits per heavy atom. The van der Waals surface area contributed by atoms with Crippen LogP contribution in [0.4, 0.5) is 5.82 Å². The van der Waals surface area contributed by atoms with Crippen LogP contribution < -0.4 is 10.1 Å². The normalized spacial score (nSPS) is 28.4. The Kier molecular flexibility index (Phi) is 6.58. The quantitative estimate of drug-likeness (QED) is 0.255. The molecule has 1 aliphatic carbocycles. The maximum Gasteiger partial charge on any atom is 0.191 e. The van der Waals surface area contributed by atoms with E-state index in [1.54, 1.807) is 7.11 Å². The minimum Gasteiger partial charge on any atom is -0.497 e. The van der Waals surface area contributed by atoms with Crippen LogP contribution in [0.25, 0.3) is 11.2 Å². The van der Waals surface area contributed by atoms with E-state index in [1.165, 1.54) is 22.0 Å². The van der Waals surface area contributed by atoms with E-state index in [9.17, 15) is 15.3 Å². The number of aliphatic hydroxyl groups excluding tert-OH is 3. The number of aliphatic hydroxyl groups is 3. The molecule has 0 radical (unpaired) electrons. The average molecular weight is 489 g/mol. The van der Waals surface area contributed by atoms with Crippen molar-refractivity contribution >= 4 is 28.7 Å². The van der Waals surface area contributed by atoms with Crippen LogP contribution in [0.3, 0.4) is 0 Å². The molecule has 2 aliphatic rings. The Labute approximate surface area is 200 Å². The van der Waals surface area contributed by atoms with Gasteiger partial charge in [0.05, 0.1) is 13.7 Å². The molecule has 1 aliphatic heterocycles. The third kappa shape index (κ3) is 4.31. The number of rotatable bonds is 9. The molecule has 34 heavy (non-hydrogen) atoms. The van der Waals surface area contributed by atoms with E-state index in [0.29, 0.717) is 28.1 Å². The van der Waals surface area contributed by atoms with E-state index in [-0.39, 0.29) is 6.04 Å². The van der Waals surface area contributed by atoms with Crippen molar-refractivity contribution in [2.24, 2.45) is 0 Å². The van der Waals surface area contributed by atoms with Gasteiger partial charge in [-0.3, -0.25) is 0 Å². The van der Waals surface area contributed by atoms with Gasteiger partial charge in [-0.15, -0.1) is 5.10 Å². The first kappa shape index (κ1) is 23.2. The maximum absolute atomic E-state index is 10.5. The number of ether oxygens (including phenoxy) is 2. The first-order valence-electron chi connectivity index (χ1n) is 11.3. The first-order valence-corrected chi connectivity index (χ1v) is 12.3. The van der Waals surface area contributed by atoms with Crippen molar-refractivity contribution in [2.75, 3.05) is 24.8 Å². The van der Waals surface area contributed by atoms with Gasteiger partial charge in [0.25, 0.3) is 0 Å². The predicted molar refractivity (Wildman–Crippen MR) is 125 cm³/mol. The SMILES string of the molecule is CCCSc1nc(N[C@@H]2C[C@H]2c2ccc(OC)cc2)c2nnn([C@@H]3O[C@H](CO)[C@@H](O)[C@H]3O)c2n1. The van der Waals surface area contributed by atoms with Gasteiger partial charge >= 0.3 is 0 Å². The molecule has 6 atom stereocenters. The molecule has 3 heterocycles. The first-order chi connectivity index (χ1) is 16.5. The summed E-state index contributed by atoms with van der Waals surface area (Å²) in [6.45, 7) is 1.66. The largest absolute Gasteiger partial charge is 0.497 e. The molecule has 1 saturated heterocycles. The summed E-state index contributed by atoms with van der Waals surface area (Å²) < 4.78 is 12.3. The zero-order valence-corrected chi connectivity index (χ0v) is 19.7. The van der Waals surface area contributed by atoms with Crippen LogP contribution in [-0.4, -0.2) is 84.1 Å². The molecular weight excluding hydrogens is 460 g/mol. The van der Waals surface area contributed by atoms with E-state index in [0.717, 1.165) is 24.3 Å². The van der Waals surface area contributed by atoms with Crippen LogP contribution in [0.2, 0.25) is 0 Å². The summed E-state index contributed by atoms with van der Waals surface area (Å²) in [5.41, 5.74) is 2.07. The average Bonchev–Trinajstić information content (AvgIpc) is 3.40. The minimum absolute atomic E-state index is 0.189. The van der Waals surface area contributed by atoms with Crippen molar-refractivity contribution in [3.05, 3.63) is 29.8 Å². The van der Waals surface area contributed by atoms with Gasteiger partial charge in [0.1, 0.15) is 24.1 Å². The molecule has 11 nitrogen and oxygen atoms in total. The van der Waals surface area contributed by atoms with E-state index in [1.807, 2.05) is 12.1 Å². The summed E-state index contributed by atoms with van der Waals surface area (Å²) in [6, 6.07) is 8.25. The van der Waals surface area contributed by atoms with Gasteiger partial charge < -0.3 is 30.1 Å². The van der Waals surface area contributed by atoms with Gasteiger partial charge in [-0.1, -0.05) is 36.0 Å². The molecule has 0 bridgehead atoms. The standard InChI is InChI=1S/C22H28N6O5S/c1-3-8-34-22-24-19(23-14-9-13(14)11-4-6-12(32-2)7-5-11)16-20(25-22)28(27-26-16)21-18(31)17(30)15(10-29)33-21/h4-7,13-15,17-18,21,29-31H,3,8-10H2,1-2H3,(H,23,24,25)/t13-,14+,15+,17+,18+,21+/m0/s1. The van der Waals surface area contributed by atoms with Crippen LogP contribution >= 0.6 is 11.8 Å². The third-order valence-electron chi connectivity index (χ3n) is 6.15. The van der Waals surface area contributed by atoms with Crippen molar-refractivity contribution in [3.8, 4) is 5.75 Å². The van der Waals surface area contributed by atoms with Gasteiger partial charge in [-0.2, -0.15) is 4.68 Å². The van der Waals surface area contributed by atoms with Crippen LogP contribution in [0.1, 0.15) is 37.5 Å². The molecule has 2 fully saturated rings. The number of fused-ring (bicyclic) bond motifs is 1. The number of hydrogen-bond donors (Lipinski definition) is 4. The van der Waals surface area contributed by atoms with Crippen molar-refractivity contribution in [1.82, 2.24) is 25.0 Å². The Hall–Kier alpha value is -2.51. The smallest absolute Gasteiger partial charge is 0.191 e. The second kappa shape index (κ2) is 9.62. The van der Waals surface area contributed by atoms with Crippen molar-refractivity contribution in [2.45, 2.75) is 61.4 Å². The number of anilines is 1. The Morgan fingerprint density at radius 2 is 2.00 bits per heavy atom. The molecule has 0 unspecified atom stereocenters. The van der Waals surface area contributed by atoms with Crippen LogP contribution in [0.5, 0.6) is 5.75 Å². The second-order valence-electron chi connectivity index (χ2n) is 8.50. The highest BCUT2D eigenvalue weighted by atomic mass is 32.2. The lowest BCUT2D eigenvalue weighted by atomic mass is 10.1. The fourth-order valence-electron chi connectivity index (χ4n) is 4.17. The summed E-state index contributed by atoms with van der Waals surface area (Å²) in [7, 11) is 1.65. The predicted octanol–water partition coefficient (Wildman–Crippen LogP) is 1.31. The number of nitrogens with one attached hydrogen (secondary N) is 1. The van der Waals surface area contributed by atoms with Gasteiger partial charge in [0, 0.05) is 17.7 Å². The van der Waals surface area contributed by atoms with Crippen LogP contribution in [0, 0.1) is 0 Å². The molecule has 0 amide bonds. The lowest BCUT2D eigenvalue weighted by molar-refractivity contribution is -0.0575. The number of aromatic nitrogens is 5. The second-order valence-corrected chi connectivity index (χ2v) is 9.57. The lowest BCUT2D eigenvalue weighted by Gasteiger charge is -2.15. The van der Waals surface area contributed by atoms with Crippen LogP contribution in [-0.2, 0) is 4.74 Å². The lowest BCUT2D eigenvalue weighted by Crippen LogP contribution is -2.33. The molecule has 5 rings (SSSR count). The number of benzene rings is 1. The number of thioether (sulfide) groups is 1. The summed E-state index contributed by atoms with van der Waals surface area (Å²) in [6.07, 6.45) is -2.52. The molecular formula is C22H28N6O5S. The zero-order valence-electron chi connectivity index (χ0n) is 18.9. The number of hydrogen-bond acceptors (Lipinski definition) is 11. The summed E-state index contributed by atoms with van der Waals surface area (Å²) >= 11 is 1.52. The topological polar surface area (TPSA) is 148 Å². The van der Waals surface area contributed by atoms with Crippen molar-refractivity contribution < 1.29 is 24.8 Å². The van der Waals surface area contributed by atoms with Gasteiger partial charge in [0.2, 0.25) is 0 Å². The summed E-state index contributed by atoms with van der Waals surface area (Å²) in [5, 5.41) is 42.6. The molecule has 12 heteroatoms. The molecule has 4 N–H and O–H groups in total. The maximum atomic E-state index is 10.5. The van der Waals surface area contributed by atoms with Gasteiger partial charge in [0.15, 0.2) is 28.4 Å². The summed E-state index contributed by atoms with van der Waals surface area (Å²) in [4.78, 5) is 9.30. The third-order valence-corrected chi connectivity index (χ3v) is 7.21. The molecule has 3 aromatic rings. The highest BCUT2D eigenvalue weighted by Gasteiger charge is 2.45. The molecule has 182 valence electrons. The monoisotopic (exact) mass is 488 g/mol. The van der Waals surface area contributed by atoms with Crippen LogP contribution in [0.15, 0.2) is 29.4 Å². The fourth-order valence-corrected chi connectivity index (χ4v) is 4.87. The van der Waals surface area contributed by atoms with Crippen molar-refractivity contribution in [3.63, 3.8) is 0 Å². The molecule has 1 saturated carbocycles. The zero-order chi connectivity index (χ0) is 23.8. The summed E-state index contributed by atoms with van der Waals surface area (Å²) in [5.74, 6) is 2.59.